The van der Waals surface area contributed by atoms with Gasteiger partial charge in [0.15, 0.2) is 0 Å². The zero-order valence-corrected chi connectivity index (χ0v) is 13.4. The molecule has 1 amide bonds. The van der Waals surface area contributed by atoms with Gasteiger partial charge in [-0.3, -0.25) is 9.69 Å². The lowest BCUT2D eigenvalue weighted by Gasteiger charge is -2.39. The van der Waals surface area contributed by atoms with Gasteiger partial charge in [-0.05, 0) is 35.2 Å². The van der Waals surface area contributed by atoms with Gasteiger partial charge in [-0.15, -0.1) is 0 Å². The number of hydrogen-bond acceptors (Lipinski definition) is 4. The molecular formula is C16H25N3OS. The molecule has 2 N–H and O–H groups in total. The minimum absolute atomic E-state index is 0.241. The second-order valence-corrected chi connectivity index (χ2v) is 7.17. The Labute approximate surface area is 130 Å². The highest BCUT2D eigenvalue weighted by atomic mass is 32.1. The van der Waals surface area contributed by atoms with Crippen LogP contribution in [0.4, 0.5) is 0 Å². The molecule has 1 aromatic heterocycles. The quantitative estimate of drug-likeness (QED) is 0.924. The Morgan fingerprint density at radius 3 is 2.52 bits per heavy atom. The number of thiophene rings is 1. The Bertz CT molecular complexity index is 460. The van der Waals surface area contributed by atoms with Crippen LogP contribution in [0.2, 0.25) is 0 Å². The van der Waals surface area contributed by atoms with Gasteiger partial charge in [0.25, 0.3) is 0 Å². The van der Waals surface area contributed by atoms with Crippen LogP contribution < -0.4 is 5.73 Å². The number of nitrogens with zero attached hydrogens (tertiary/aromatic N) is 2. The van der Waals surface area contributed by atoms with Gasteiger partial charge in [0, 0.05) is 39.3 Å². The lowest BCUT2D eigenvalue weighted by Crippen LogP contribution is -2.54. The molecule has 0 spiro atoms. The van der Waals surface area contributed by atoms with Gasteiger partial charge < -0.3 is 10.6 Å². The fourth-order valence-corrected chi connectivity index (χ4v) is 4.30. The molecule has 3 rings (SSSR count). The van der Waals surface area contributed by atoms with Crippen molar-refractivity contribution in [3.8, 4) is 0 Å². The fraction of sp³-hybridized carbons (Fsp3) is 0.688. The number of hydrogen-bond donors (Lipinski definition) is 1. The van der Waals surface area contributed by atoms with Gasteiger partial charge >= 0.3 is 0 Å². The van der Waals surface area contributed by atoms with Crippen LogP contribution in [0.3, 0.4) is 0 Å². The number of piperazine rings is 1. The third kappa shape index (κ3) is 3.15. The molecule has 2 heterocycles. The van der Waals surface area contributed by atoms with E-state index in [2.05, 4.69) is 26.6 Å². The summed E-state index contributed by atoms with van der Waals surface area (Å²) in [5.41, 5.74) is 7.08. The van der Waals surface area contributed by atoms with Crippen LogP contribution in [0.25, 0.3) is 0 Å². The van der Waals surface area contributed by atoms with Crippen LogP contribution in [0.15, 0.2) is 16.8 Å². The summed E-state index contributed by atoms with van der Waals surface area (Å²) in [4.78, 5) is 17.3. The van der Waals surface area contributed by atoms with E-state index in [4.69, 9.17) is 5.73 Å². The van der Waals surface area contributed by atoms with Crippen LogP contribution in [0, 0.1) is 5.41 Å². The van der Waals surface area contributed by atoms with E-state index in [-0.39, 0.29) is 5.41 Å². The Morgan fingerprint density at radius 1 is 1.24 bits per heavy atom. The molecular weight excluding hydrogens is 282 g/mol. The molecule has 1 saturated carbocycles. The molecule has 1 aliphatic heterocycles. The Morgan fingerprint density at radius 2 is 1.95 bits per heavy atom. The van der Waals surface area contributed by atoms with E-state index in [1.165, 1.54) is 5.56 Å². The Hall–Kier alpha value is -0.910. The predicted octanol–water partition coefficient (Wildman–Crippen LogP) is 1.91. The number of carbonyl (C=O) groups is 1. The molecule has 0 aromatic carbocycles. The largest absolute Gasteiger partial charge is 0.340 e. The van der Waals surface area contributed by atoms with Gasteiger partial charge in [0.05, 0.1) is 5.41 Å². The first-order valence-electron chi connectivity index (χ1n) is 7.96. The number of carbonyl (C=O) groups excluding carboxylic acids is 1. The maximum Gasteiger partial charge on any atom is 0.230 e. The highest BCUT2D eigenvalue weighted by Gasteiger charge is 2.42. The first-order valence-corrected chi connectivity index (χ1v) is 8.91. The van der Waals surface area contributed by atoms with Crippen molar-refractivity contribution in [1.82, 2.24) is 9.80 Å². The summed E-state index contributed by atoms with van der Waals surface area (Å²) in [7, 11) is 0. The van der Waals surface area contributed by atoms with E-state index < -0.39 is 0 Å². The van der Waals surface area contributed by atoms with Crippen LogP contribution >= 0.6 is 11.3 Å². The first kappa shape index (κ1) is 15.0. The third-order valence-electron chi connectivity index (χ3n) is 5.05. The summed E-state index contributed by atoms with van der Waals surface area (Å²) < 4.78 is 0. The predicted molar refractivity (Wildman–Crippen MR) is 86.1 cm³/mol. The summed E-state index contributed by atoms with van der Waals surface area (Å²) in [6, 6.07) is 2.18. The molecule has 1 aromatic rings. The van der Waals surface area contributed by atoms with E-state index in [0.717, 1.165) is 58.4 Å². The van der Waals surface area contributed by atoms with Gasteiger partial charge in [-0.1, -0.05) is 12.8 Å². The molecule has 5 heteroatoms. The van der Waals surface area contributed by atoms with Crippen molar-refractivity contribution in [2.24, 2.45) is 11.1 Å². The van der Waals surface area contributed by atoms with Gasteiger partial charge in [-0.2, -0.15) is 11.3 Å². The van der Waals surface area contributed by atoms with Crippen molar-refractivity contribution in [3.05, 3.63) is 22.4 Å². The topological polar surface area (TPSA) is 49.6 Å². The van der Waals surface area contributed by atoms with E-state index in [9.17, 15) is 4.79 Å². The van der Waals surface area contributed by atoms with Crippen molar-refractivity contribution in [3.63, 3.8) is 0 Å². The minimum Gasteiger partial charge on any atom is -0.340 e. The summed E-state index contributed by atoms with van der Waals surface area (Å²) in [6.45, 7) is 5.18. The highest BCUT2D eigenvalue weighted by molar-refractivity contribution is 7.07. The van der Waals surface area contributed by atoms with Crippen LogP contribution in [-0.4, -0.2) is 48.4 Å². The normalized spacial score (nSPS) is 22.6. The second kappa shape index (κ2) is 6.46. The van der Waals surface area contributed by atoms with Crippen molar-refractivity contribution in [1.29, 1.82) is 0 Å². The average molecular weight is 307 g/mol. The highest BCUT2D eigenvalue weighted by Crippen LogP contribution is 2.39. The molecule has 1 saturated heterocycles. The molecule has 2 fully saturated rings. The first-order chi connectivity index (χ1) is 10.2. The van der Waals surface area contributed by atoms with E-state index in [1.54, 1.807) is 11.3 Å². The van der Waals surface area contributed by atoms with Crippen molar-refractivity contribution < 1.29 is 4.79 Å². The van der Waals surface area contributed by atoms with E-state index in [0.29, 0.717) is 12.5 Å². The standard InChI is InChI=1S/C16H25N3OS/c17-13-16(4-1-2-5-16)15(20)19-8-6-18(7-9-19)11-14-3-10-21-12-14/h3,10,12H,1-2,4-9,11,13,17H2. The van der Waals surface area contributed by atoms with Gasteiger partial charge in [-0.25, -0.2) is 0 Å². The number of nitrogens with two attached hydrogens (primary N) is 1. The average Bonchev–Trinajstić information content (AvgIpc) is 3.19. The van der Waals surface area contributed by atoms with Crippen LogP contribution in [-0.2, 0) is 11.3 Å². The summed E-state index contributed by atoms with van der Waals surface area (Å²) in [5, 5.41) is 4.33. The fourth-order valence-electron chi connectivity index (χ4n) is 3.64. The molecule has 2 aliphatic rings. The van der Waals surface area contributed by atoms with Crippen molar-refractivity contribution in [2.75, 3.05) is 32.7 Å². The molecule has 21 heavy (non-hydrogen) atoms. The summed E-state index contributed by atoms with van der Waals surface area (Å²) in [5.74, 6) is 0.317. The Kier molecular flexibility index (Phi) is 4.62. The monoisotopic (exact) mass is 307 g/mol. The summed E-state index contributed by atoms with van der Waals surface area (Å²) >= 11 is 1.75. The Balaban J connectivity index is 1.54. The van der Waals surface area contributed by atoms with E-state index >= 15 is 0 Å². The maximum absolute atomic E-state index is 12.8. The zero-order chi connectivity index (χ0) is 14.7. The zero-order valence-electron chi connectivity index (χ0n) is 12.6. The minimum atomic E-state index is -0.241. The number of rotatable bonds is 4. The third-order valence-corrected chi connectivity index (χ3v) is 5.78. The molecule has 0 atom stereocenters. The van der Waals surface area contributed by atoms with Gasteiger partial charge in [0.1, 0.15) is 0 Å². The smallest absolute Gasteiger partial charge is 0.230 e. The maximum atomic E-state index is 12.8. The molecule has 1 aliphatic carbocycles. The molecule has 116 valence electrons. The van der Waals surface area contributed by atoms with Crippen molar-refractivity contribution >= 4 is 17.2 Å². The second-order valence-electron chi connectivity index (χ2n) is 6.39. The molecule has 0 bridgehead atoms. The lowest BCUT2D eigenvalue weighted by atomic mass is 9.84. The SMILES string of the molecule is NCC1(C(=O)N2CCN(Cc3ccsc3)CC2)CCCC1. The molecule has 0 unspecified atom stereocenters. The van der Waals surface area contributed by atoms with Crippen molar-refractivity contribution in [2.45, 2.75) is 32.2 Å². The molecule has 4 nitrogen and oxygen atoms in total. The van der Waals surface area contributed by atoms with E-state index in [1.807, 2.05) is 0 Å². The lowest BCUT2D eigenvalue weighted by molar-refractivity contribution is -0.143. The van der Waals surface area contributed by atoms with Crippen LogP contribution in [0.1, 0.15) is 31.2 Å². The summed E-state index contributed by atoms with van der Waals surface area (Å²) in [6.07, 6.45) is 4.27. The number of amides is 1. The molecule has 0 radical (unpaired) electrons. The van der Waals surface area contributed by atoms with Crippen LogP contribution in [0.5, 0.6) is 0 Å². The van der Waals surface area contributed by atoms with Gasteiger partial charge in [0.2, 0.25) is 5.91 Å².